The van der Waals surface area contributed by atoms with Gasteiger partial charge >= 0.3 is 0 Å². The van der Waals surface area contributed by atoms with Gasteiger partial charge < -0.3 is 15.6 Å². The van der Waals surface area contributed by atoms with E-state index < -0.39 is 0 Å². The van der Waals surface area contributed by atoms with Crippen LogP contribution in [0.4, 0.5) is 5.82 Å². The van der Waals surface area contributed by atoms with Gasteiger partial charge in [0.1, 0.15) is 5.52 Å². The first-order valence-corrected chi connectivity index (χ1v) is 10.4. The van der Waals surface area contributed by atoms with Crippen molar-refractivity contribution in [2.24, 2.45) is 11.8 Å². The molecule has 7 nitrogen and oxygen atoms in total. The second kappa shape index (κ2) is 8.17. The summed E-state index contributed by atoms with van der Waals surface area (Å²) in [6.07, 6.45) is 11.5. The first-order chi connectivity index (χ1) is 13.7. The number of fused-ring (bicyclic) bond motifs is 1. The fourth-order valence-corrected chi connectivity index (χ4v) is 4.55. The van der Waals surface area contributed by atoms with Crippen LogP contribution in [0.2, 0.25) is 0 Å². The van der Waals surface area contributed by atoms with Crippen LogP contribution in [0.5, 0.6) is 0 Å². The van der Waals surface area contributed by atoms with Gasteiger partial charge in [-0.15, -0.1) is 0 Å². The Balaban J connectivity index is 1.44. The van der Waals surface area contributed by atoms with Crippen LogP contribution in [0.15, 0.2) is 6.33 Å². The maximum Gasteiger partial charge on any atom is 0.222 e. The van der Waals surface area contributed by atoms with Crippen molar-refractivity contribution >= 4 is 22.9 Å². The highest BCUT2D eigenvalue weighted by atomic mass is 16.1. The van der Waals surface area contributed by atoms with E-state index in [1.165, 1.54) is 12.8 Å². The zero-order valence-corrected chi connectivity index (χ0v) is 16.4. The number of nitrogen functional groups attached to an aromatic ring is 1. The summed E-state index contributed by atoms with van der Waals surface area (Å²) in [6, 6.07) is 0.454. The SMILES string of the molecule is CNC(=O)C1CCC(CC#Cc2nc(N)c3ncn(C4CCCC4)c3n2)CC1. The number of hydrogen-bond donors (Lipinski definition) is 2. The van der Waals surface area contributed by atoms with Crippen molar-refractivity contribution in [3.05, 3.63) is 12.2 Å². The second-order valence-corrected chi connectivity index (χ2v) is 8.03. The van der Waals surface area contributed by atoms with E-state index in [1.54, 1.807) is 7.05 Å². The molecule has 0 bridgehead atoms. The Morgan fingerprint density at radius 1 is 1.21 bits per heavy atom. The Kier molecular flexibility index (Phi) is 5.47. The highest BCUT2D eigenvalue weighted by Gasteiger charge is 2.25. The molecule has 2 fully saturated rings. The summed E-state index contributed by atoms with van der Waals surface area (Å²) in [7, 11) is 1.71. The molecule has 0 unspecified atom stereocenters. The van der Waals surface area contributed by atoms with E-state index in [2.05, 4.69) is 36.7 Å². The topological polar surface area (TPSA) is 98.7 Å². The molecule has 2 heterocycles. The van der Waals surface area contributed by atoms with Crippen molar-refractivity contribution in [1.29, 1.82) is 0 Å². The van der Waals surface area contributed by atoms with Crippen LogP contribution in [0, 0.1) is 23.7 Å². The average molecular weight is 380 g/mol. The third-order valence-corrected chi connectivity index (χ3v) is 6.22. The molecular formula is C21H28N6O. The van der Waals surface area contributed by atoms with Gasteiger partial charge in [-0.3, -0.25) is 4.79 Å². The van der Waals surface area contributed by atoms with Gasteiger partial charge in [0.25, 0.3) is 0 Å². The number of nitrogens with one attached hydrogen (secondary N) is 1. The maximum atomic E-state index is 11.7. The van der Waals surface area contributed by atoms with E-state index >= 15 is 0 Å². The lowest BCUT2D eigenvalue weighted by atomic mass is 9.80. The van der Waals surface area contributed by atoms with Gasteiger partial charge in [-0.05, 0) is 50.4 Å². The number of nitrogens with zero attached hydrogens (tertiary/aromatic N) is 4. The molecule has 2 aliphatic rings. The summed E-state index contributed by atoms with van der Waals surface area (Å²) in [5, 5.41) is 2.75. The van der Waals surface area contributed by atoms with Crippen molar-refractivity contribution in [3.8, 4) is 11.8 Å². The number of nitrogens with two attached hydrogens (primary N) is 1. The maximum absolute atomic E-state index is 11.7. The van der Waals surface area contributed by atoms with Crippen molar-refractivity contribution in [2.45, 2.75) is 63.8 Å². The number of carbonyl (C=O) groups excluding carboxylic acids is 1. The molecule has 2 aromatic rings. The third-order valence-electron chi connectivity index (χ3n) is 6.22. The molecular weight excluding hydrogens is 352 g/mol. The summed E-state index contributed by atoms with van der Waals surface area (Å²) in [5.41, 5.74) is 7.58. The molecule has 0 spiro atoms. The van der Waals surface area contributed by atoms with Crippen LogP contribution in [0.3, 0.4) is 0 Å². The molecule has 148 valence electrons. The first-order valence-electron chi connectivity index (χ1n) is 10.4. The number of aromatic nitrogens is 4. The third kappa shape index (κ3) is 3.82. The zero-order chi connectivity index (χ0) is 19.5. The lowest BCUT2D eigenvalue weighted by Crippen LogP contribution is -2.30. The number of imidazole rings is 1. The summed E-state index contributed by atoms with van der Waals surface area (Å²) < 4.78 is 2.14. The highest BCUT2D eigenvalue weighted by molar-refractivity contribution is 5.82. The van der Waals surface area contributed by atoms with Gasteiger partial charge in [0.2, 0.25) is 11.7 Å². The van der Waals surface area contributed by atoms with Gasteiger partial charge in [0.05, 0.1) is 6.33 Å². The molecule has 2 aliphatic carbocycles. The van der Waals surface area contributed by atoms with Crippen LogP contribution >= 0.6 is 0 Å². The van der Waals surface area contributed by atoms with Gasteiger partial charge in [0, 0.05) is 25.4 Å². The molecule has 1 amide bonds. The Hall–Kier alpha value is -2.62. The normalized spacial score (nSPS) is 22.8. The van der Waals surface area contributed by atoms with Crippen LogP contribution in [0.25, 0.3) is 11.2 Å². The van der Waals surface area contributed by atoms with E-state index in [0.717, 1.165) is 50.6 Å². The molecule has 7 heteroatoms. The molecule has 28 heavy (non-hydrogen) atoms. The molecule has 0 aliphatic heterocycles. The standard InChI is InChI=1S/C21H28N6O/c1-23-21(28)15-11-9-14(10-12-15)5-4-8-17-25-19(22)18-20(26-17)27(13-24-18)16-6-2-3-7-16/h13-16H,2-3,5-7,9-12H2,1H3,(H,23,28)(H2,22,25,26). The highest BCUT2D eigenvalue weighted by Crippen LogP contribution is 2.32. The average Bonchev–Trinajstić information content (AvgIpc) is 3.37. The number of carbonyl (C=O) groups is 1. The van der Waals surface area contributed by atoms with E-state index in [9.17, 15) is 4.79 Å². The fraction of sp³-hybridized carbons (Fsp3) is 0.619. The predicted octanol–water partition coefficient (Wildman–Crippen LogP) is 2.82. The summed E-state index contributed by atoms with van der Waals surface area (Å²) in [6.45, 7) is 0. The number of amides is 1. The van der Waals surface area contributed by atoms with Crippen LogP contribution < -0.4 is 11.1 Å². The van der Waals surface area contributed by atoms with Gasteiger partial charge in [-0.25, -0.2) is 15.0 Å². The second-order valence-electron chi connectivity index (χ2n) is 8.03. The zero-order valence-electron chi connectivity index (χ0n) is 16.4. The minimum atomic E-state index is 0.163. The van der Waals surface area contributed by atoms with Crippen LogP contribution in [0.1, 0.15) is 69.7 Å². The van der Waals surface area contributed by atoms with Crippen molar-refractivity contribution in [3.63, 3.8) is 0 Å². The molecule has 0 aromatic carbocycles. The Morgan fingerprint density at radius 2 is 1.96 bits per heavy atom. The van der Waals surface area contributed by atoms with Gasteiger partial charge in [-0.2, -0.15) is 0 Å². The first kappa shape index (κ1) is 18.7. The number of rotatable bonds is 3. The summed E-state index contributed by atoms with van der Waals surface area (Å²) in [5.74, 6) is 8.09. The molecule has 4 rings (SSSR count). The smallest absolute Gasteiger partial charge is 0.222 e. The quantitative estimate of drug-likeness (QED) is 0.798. The Bertz CT molecular complexity index is 910. The fourth-order valence-electron chi connectivity index (χ4n) is 4.55. The summed E-state index contributed by atoms with van der Waals surface area (Å²) >= 11 is 0. The van der Waals surface area contributed by atoms with Crippen molar-refractivity contribution in [2.75, 3.05) is 12.8 Å². The van der Waals surface area contributed by atoms with Crippen molar-refractivity contribution < 1.29 is 4.79 Å². The lowest BCUT2D eigenvalue weighted by molar-refractivity contribution is -0.125. The van der Waals surface area contributed by atoms with E-state index in [1.807, 2.05) is 6.33 Å². The number of anilines is 1. The van der Waals surface area contributed by atoms with E-state index in [0.29, 0.717) is 29.1 Å². The molecule has 3 N–H and O–H groups in total. The largest absolute Gasteiger partial charge is 0.382 e. The Labute approximate surface area is 165 Å². The molecule has 2 saturated carbocycles. The summed E-state index contributed by atoms with van der Waals surface area (Å²) in [4.78, 5) is 25.1. The Morgan fingerprint density at radius 3 is 2.68 bits per heavy atom. The molecule has 0 atom stereocenters. The minimum absolute atomic E-state index is 0.163. The van der Waals surface area contributed by atoms with E-state index in [-0.39, 0.29) is 11.8 Å². The monoisotopic (exact) mass is 380 g/mol. The van der Waals surface area contributed by atoms with Crippen LogP contribution in [-0.2, 0) is 4.79 Å². The van der Waals surface area contributed by atoms with Gasteiger partial charge in [-0.1, -0.05) is 18.8 Å². The van der Waals surface area contributed by atoms with Gasteiger partial charge in [0.15, 0.2) is 11.5 Å². The minimum Gasteiger partial charge on any atom is -0.382 e. The molecule has 0 saturated heterocycles. The predicted molar refractivity (Wildman–Crippen MR) is 108 cm³/mol. The molecule has 2 aromatic heterocycles. The van der Waals surface area contributed by atoms with Crippen molar-refractivity contribution in [1.82, 2.24) is 24.8 Å². The van der Waals surface area contributed by atoms with E-state index in [4.69, 9.17) is 5.73 Å². The van der Waals surface area contributed by atoms with Crippen LogP contribution in [-0.4, -0.2) is 32.5 Å². The number of hydrogen-bond acceptors (Lipinski definition) is 5. The lowest BCUT2D eigenvalue weighted by Gasteiger charge is -2.26. The molecule has 0 radical (unpaired) electrons.